The molecule has 2 saturated carbocycles. The van der Waals surface area contributed by atoms with E-state index in [9.17, 15) is 14.0 Å². The Morgan fingerprint density at radius 1 is 1.38 bits per heavy atom. The van der Waals surface area contributed by atoms with E-state index in [4.69, 9.17) is 9.26 Å². The fraction of sp³-hybridized carbons (Fsp3) is 0.579. The molecule has 9 nitrogen and oxygen atoms in total. The van der Waals surface area contributed by atoms with Gasteiger partial charge in [0.2, 0.25) is 5.91 Å². The number of carbonyl (C=O) groups is 2. The molecule has 2 heterocycles. The predicted molar refractivity (Wildman–Crippen MR) is 100 cm³/mol. The maximum Gasteiger partial charge on any atom is 0.407 e. The van der Waals surface area contributed by atoms with Crippen LogP contribution in [0.4, 0.5) is 15.0 Å². The monoisotopic (exact) mass is 405 g/mol. The standard InChI is InChI=1S/C19H24FN5O4/c1-10-5-12(29-25-10)8-17(26)21-16-9-14(23-24-16)11-6-13(20)15(7-11)28-18(27)22-19(2)3-4-19/h5,9,11,13,15H,3-4,6-8H2,1-2H3,(H,22,27)(H2,21,23,24,26)/t11?,13-,15-/m1/s1. The number of carbonyl (C=O) groups excluding carboxylic acids is 2. The molecule has 2 aliphatic carbocycles. The van der Waals surface area contributed by atoms with E-state index in [0.29, 0.717) is 29.4 Å². The minimum Gasteiger partial charge on any atom is -0.443 e. The van der Waals surface area contributed by atoms with E-state index < -0.39 is 18.4 Å². The highest BCUT2D eigenvalue weighted by Crippen LogP contribution is 2.38. The number of aromatic nitrogens is 3. The van der Waals surface area contributed by atoms with Gasteiger partial charge in [-0.3, -0.25) is 9.89 Å². The Kier molecular flexibility index (Phi) is 5.01. The second-order valence-electron chi connectivity index (χ2n) is 8.18. The zero-order chi connectivity index (χ0) is 20.6. The molecule has 29 heavy (non-hydrogen) atoms. The van der Waals surface area contributed by atoms with Crippen molar-refractivity contribution in [2.75, 3.05) is 5.32 Å². The zero-order valence-corrected chi connectivity index (χ0v) is 16.3. The Bertz CT molecular complexity index is 906. The molecule has 2 amide bonds. The molecule has 0 saturated heterocycles. The van der Waals surface area contributed by atoms with Gasteiger partial charge in [-0.1, -0.05) is 5.16 Å². The molecule has 2 fully saturated rings. The summed E-state index contributed by atoms with van der Waals surface area (Å²) in [6.07, 6.45) is -0.158. The molecular formula is C19H24FN5O4. The summed E-state index contributed by atoms with van der Waals surface area (Å²) in [5.74, 6) is 0.348. The first-order valence-corrected chi connectivity index (χ1v) is 9.70. The first-order valence-electron chi connectivity index (χ1n) is 9.70. The number of hydrogen-bond donors (Lipinski definition) is 3. The van der Waals surface area contributed by atoms with Gasteiger partial charge in [-0.25, -0.2) is 9.18 Å². The third-order valence-corrected chi connectivity index (χ3v) is 5.41. The molecule has 2 aromatic rings. The molecule has 2 aromatic heterocycles. The van der Waals surface area contributed by atoms with Gasteiger partial charge in [0.15, 0.2) is 5.82 Å². The van der Waals surface area contributed by atoms with Crippen molar-refractivity contribution in [1.82, 2.24) is 20.7 Å². The van der Waals surface area contributed by atoms with Crippen LogP contribution in [0.5, 0.6) is 0 Å². The van der Waals surface area contributed by atoms with Crippen molar-refractivity contribution < 1.29 is 23.2 Å². The smallest absolute Gasteiger partial charge is 0.407 e. The van der Waals surface area contributed by atoms with E-state index in [2.05, 4.69) is 26.0 Å². The lowest BCUT2D eigenvalue weighted by Crippen LogP contribution is -2.38. The molecule has 1 unspecified atom stereocenters. The predicted octanol–water partition coefficient (Wildman–Crippen LogP) is 2.75. The molecule has 10 heteroatoms. The third-order valence-electron chi connectivity index (χ3n) is 5.41. The Morgan fingerprint density at radius 2 is 2.17 bits per heavy atom. The average Bonchev–Trinajstić information content (AvgIpc) is 3.01. The van der Waals surface area contributed by atoms with Gasteiger partial charge < -0.3 is 19.9 Å². The molecule has 0 aromatic carbocycles. The number of nitrogens with one attached hydrogen (secondary N) is 3. The highest BCUT2D eigenvalue weighted by atomic mass is 19.1. The summed E-state index contributed by atoms with van der Waals surface area (Å²) in [5, 5.41) is 16.1. The van der Waals surface area contributed by atoms with Gasteiger partial charge in [0.1, 0.15) is 18.0 Å². The fourth-order valence-electron chi connectivity index (χ4n) is 3.50. The number of aryl methyl sites for hydroxylation is 1. The quantitative estimate of drug-likeness (QED) is 0.679. The Labute approximate surface area is 166 Å². The molecule has 3 N–H and O–H groups in total. The number of hydrogen-bond acceptors (Lipinski definition) is 6. The van der Waals surface area contributed by atoms with Gasteiger partial charge in [-0.15, -0.1) is 0 Å². The largest absolute Gasteiger partial charge is 0.443 e. The lowest BCUT2D eigenvalue weighted by Gasteiger charge is -2.17. The maximum absolute atomic E-state index is 14.4. The number of H-pyrrole nitrogens is 1. The number of alkyl halides is 1. The summed E-state index contributed by atoms with van der Waals surface area (Å²) in [4.78, 5) is 24.0. The number of alkyl carbamates (subject to hydrolysis) is 1. The van der Waals surface area contributed by atoms with E-state index in [0.717, 1.165) is 12.8 Å². The Hall–Kier alpha value is -2.91. The van der Waals surface area contributed by atoms with Crippen LogP contribution in [0.25, 0.3) is 0 Å². The lowest BCUT2D eigenvalue weighted by atomic mass is 10.0. The summed E-state index contributed by atoms with van der Waals surface area (Å²) in [6.45, 7) is 3.71. The van der Waals surface area contributed by atoms with Gasteiger partial charge in [0.05, 0.1) is 12.1 Å². The van der Waals surface area contributed by atoms with Crippen molar-refractivity contribution in [2.45, 2.75) is 69.7 Å². The van der Waals surface area contributed by atoms with E-state index in [1.54, 1.807) is 19.1 Å². The summed E-state index contributed by atoms with van der Waals surface area (Å²) in [5.41, 5.74) is 1.19. The number of halogens is 1. The van der Waals surface area contributed by atoms with Crippen LogP contribution in [0.15, 0.2) is 16.7 Å². The van der Waals surface area contributed by atoms with Gasteiger partial charge in [0.25, 0.3) is 0 Å². The van der Waals surface area contributed by atoms with Crippen LogP contribution in [0, 0.1) is 6.92 Å². The van der Waals surface area contributed by atoms with Gasteiger partial charge in [-0.2, -0.15) is 5.10 Å². The molecule has 0 bridgehead atoms. The lowest BCUT2D eigenvalue weighted by molar-refractivity contribution is -0.115. The van der Waals surface area contributed by atoms with Crippen molar-refractivity contribution in [3.05, 3.63) is 29.3 Å². The van der Waals surface area contributed by atoms with Crippen LogP contribution in [0.2, 0.25) is 0 Å². The van der Waals surface area contributed by atoms with E-state index >= 15 is 0 Å². The third kappa shape index (κ3) is 4.75. The molecular weight excluding hydrogens is 381 g/mol. The molecule has 4 rings (SSSR count). The van der Waals surface area contributed by atoms with Crippen LogP contribution in [-0.2, 0) is 16.0 Å². The van der Waals surface area contributed by atoms with Crippen molar-refractivity contribution in [3.8, 4) is 0 Å². The summed E-state index contributed by atoms with van der Waals surface area (Å²) in [6, 6.07) is 3.37. The summed E-state index contributed by atoms with van der Waals surface area (Å²) >= 11 is 0. The molecule has 156 valence electrons. The SMILES string of the molecule is Cc1cc(CC(=O)Nc2cc(C3C[C@@H](F)[C@H](OC(=O)NC4(C)CC4)C3)[nH]n2)on1. The average molecular weight is 405 g/mol. The van der Waals surface area contributed by atoms with E-state index in [1.807, 2.05) is 6.92 Å². The van der Waals surface area contributed by atoms with E-state index in [1.165, 1.54) is 0 Å². The number of ether oxygens (including phenoxy) is 1. The molecule has 0 spiro atoms. The maximum atomic E-state index is 14.4. The van der Waals surface area contributed by atoms with Crippen molar-refractivity contribution in [3.63, 3.8) is 0 Å². The van der Waals surface area contributed by atoms with Crippen LogP contribution in [0.1, 0.15) is 55.7 Å². The minimum absolute atomic E-state index is 0.0446. The van der Waals surface area contributed by atoms with Crippen molar-refractivity contribution in [1.29, 1.82) is 0 Å². The number of aromatic amines is 1. The van der Waals surface area contributed by atoms with Gasteiger partial charge >= 0.3 is 6.09 Å². The van der Waals surface area contributed by atoms with Crippen LogP contribution >= 0.6 is 0 Å². The summed E-state index contributed by atoms with van der Waals surface area (Å²) < 4.78 is 24.7. The van der Waals surface area contributed by atoms with E-state index in [-0.39, 0.29) is 30.2 Å². The summed E-state index contributed by atoms with van der Waals surface area (Å²) in [7, 11) is 0. The second-order valence-corrected chi connectivity index (χ2v) is 8.18. The van der Waals surface area contributed by atoms with Crippen LogP contribution < -0.4 is 10.6 Å². The minimum atomic E-state index is -1.24. The van der Waals surface area contributed by atoms with Crippen LogP contribution in [-0.4, -0.2) is 45.2 Å². The fourth-order valence-corrected chi connectivity index (χ4v) is 3.50. The number of rotatable bonds is 6. The van der Waals surface area contributed by atoms with Crippen molar-refractivity contribution >= 4 is 17.8 Å². The topological polar surface area (TPSA) is 122 Å². The molecule has 2 aliphatic rings. The van der Waals surface area contributed by atoms with Crippen molar-refractivity contribution in [2.24, 2.45) is 0 Å². The first-order chi connectivity index (χ1) is 13.8. The number of amides is 2. The van der Waals surface area contributed by atoms with Gasteiger partial charge in [0, 0.05) is 29.3 Å². The first kappa shape index (κ1) is 19.4. The number of anilines is 1. The van der Waals surface area contributed by atoms with Gasteiger partial charge in [-0.05, 0) is 39.5 Å². The molecule has 0 aliphatic heterocycles. The molecule has 3 atom stereocenters. The normalized spacial score (nSPS) is 24.9. The second kappa shape index (κ2) is 7.49. The Morgan fingerprint density at radius 3 is 2.86 bits per heavy atom. The Balaban J connectivity index is 1.29. The zero-order valence-electron chi connectivity index (χ0n) is 16.3. The highest BCUT2D eigenvalue weighted by Gasteiger charge is 2.42. The van der Waals surface area contributed by atoms with Crippen LogP contribution in [0.3, 0.4) is 0 Å². The molecule has 0 radical (unpaired) electrons. The number of nitrogens with zero attached hydrogens (tertiary/aromatic N) is 2. The highest BCUT2D eigenvalue weighted by molar-refractivity contribution is 5.91.